The number of methoxy groups -OCH3 is 1. The van der Waals surface area contributed by atoms with Gasteiger partial charge in [-0.05, 0) is 85.5 Å². The number of rotatable bonds is 6. The number of nitrogens with zero attached hydrogens (tertiary/aromatic N) is 1. The standard InChI is InChI=1S/C17H16Cl3N.C9H13NO2S/c18-12-4-7-14(8-5-12)21-10-2-1-3-17(21)15-9-6-13(19)11-16(15)20;1-3-10-13(11)9-6-4-8(12-2)5-7-9/h4-9,11,17H,1-3,10H2;4-7,10H,3H2,1-2H3. The van der Waals surface area contributed by atoms with Gasteiger partial charge in [-0.2, -0.15) is 0 Å². The Bertz CT molecular complexity index is 1080. The predicted octanol–water partition coefficient (Wildman–Crippen LogP) is 7.71. The van der Waals surface area contributed by atoms with Crippen molar-refractivity contribution in [1.82, 2.24) is 4.72 Å². The zero-order chi connectivity index (χ0) is 24.5. The van der Waals surface area contributed by atoms with Crippen molar-refractivity contribution in [3.63, 3.8) is 0 Å². The summed E-state index contributed by atoms with van der Waals surface area (Å²) in [4.78, 5) is 3.18. The van der Waals surface area contributed by atoms with Crippen molar-refractivity contribution in [2.75, 3.05) is 25.1 Å². The molecule has 3 aromatic rings. The minimum atomic E-state index is -1.10. The Morgan fingerprint density at radius 1 is 0.971 bits per heavy atom. The van der Waals surface area contributed by atoms with Crippen LogP contribution in [0.2, 0.25) is 15.1 Å². The van der Waals surface area contributed by atoms with Gasteiger partial charge in [0.25, 0.3) is 0 Å². The van der Waals surface area contributed by atoms with Crippen molar-refractivity contribution in [2.24, 2.45) is 0 Å². The third-order valence-corrected chi connectivity index (χ3v) is 7.60. The molecule has 0 spiro atoms. The Kier molecular flexibility index (Phi) is 10.5. The molecule has 0 amide bonds. The molecule has 1 fully saturated rings. The van der Waals surface area contributed by atoms with Gasteiger partial charge in [0.15, 0.2) is 0 Å². The molecule has 0 radical (unpaired) electrons. The van der Waals surface area contributed by atoms with Gasteiger partial charge in [-0.25, -0.2) is 8.93 Å². The van der Waals surface area contributed by atoms with Crippen LogP contribution in [0.15, 0.2) is 71.6 Å². The van der Waals surface area contributed by atoms with Gasteiger partial charge in [-0.1, -0.05) is 47.8 Å². The highest BCUT2D eigenvalue weighted by Gasteiger charge is 2.26. The first-order valence-corrected chi connectivity index (χ1v) is 13.5. The van der Waals surface area contributed by atoms with Crippen LogP contribution >= 0.6 is 34.8 Å². The molecule has 1 heterocycles. The van der Waals surface area contributed by atoms with Crippen LogP contribution in [0.5, 0.6) is 5.75 Å². The highest BCUT2D eigenvalue weighted by atomic mass is 35.5. The summed E-state index contributed by atoms with van der Waals surface area (Å²) in [5.41, 5.74) is 2.34. The molecule has 1 saturated heterocycles. The molecule has 1 aliphatic heterocycles. The molecule has 0 aromatic heterocycles. The third-order valence-electron chi connectivity index (χ3n) is 5.53. The van der Waals surface area contributed by atoms with Gasteiger partial charge in [0, 0.05) is 33.8 Å². The minimum Gasteiger partial charge on any atom is -0.497 e. The molecular weight excluding hydrogens is 511 g/mol. The molecule has 4 rings (SSSR count). The molecule has 3 aromatic carbocycles. The second kappa shape index (κ2) is 13.4. The quantitative estimate of drug-likeness (QED) is 0.349. The lowest BCUT2D eigenvalue weighted by Gasteiger charge is -2.38. The number of anilines is 1. The normalized spacial score (nSPS) is 16.4. The fourth-order valence-electron chi connectivity index (χ4n) is 3.88. The number of halogens is 3. The average molecular weight is 540 g/mol. The van der Waals surface area contributed by atoms with Gasteiger partial charge in [-0.3, -0.25) is 0 Å². The lowest BCUT2D eigenvalue weighted by atomic mass is 9.94. The monoisotopic (exact) mass is 538 g/mol. The summed E-state index contributed by atoms with van der Waals surface area (Å²) in [6.45, 7) is 3.64. The summed E-state index contributed by atoms with van der Waals surface area (Å²) >= 11 is 18.4. The maximum atomic E-state index is 11.4. The molecule has 8 heteroatoms. The second-order valence-corrected chi connectivity index (χ2v) is 10.4. The Hall–Kier alpha value is -1.76. The van der Waals surface area contributed by atoms with E-state index in [1.807, 2.05) is 37.3 Å². The lowest BCUT2D eigenvalue weighted by Crippen LogP contribution is -2.33. The molecule has 2 atom stereocenters. The summed E-state index contributed by atoms with van der Waals surface area (Å²) in [7, 11) is 0.508. The molecular formula is C26H29Cl3N2O2S. The van der Waals surface area contributed by atoms with E-state index >= 15 is 0 Å². The third kappa shape index (κ3) is 7.37. The van der Waals surface area contributed by atoms with Crippen LogP contribution in [0.4, 0.5) is 5.69 Å². The summed E-state index contributed by atoms with van der Waals surface area (Å²) in [6.07, 6.45) is 3.52. The molecule has 0 saturated carbocycles. The molecule has 34 heavy (non-hydrogen) atoms. The Labute approximate surface area is 219 Å². The second-order valence-electron chi connectivity index (χ2n) is 7.79. The van der Waals surface area contributed by atoms with E-state index in [1.54, 1.807) is 31.4 Å². The minimum absolute atomic E-state index is 0.296. The largest absolute Gasteiger partial charge is 0.497 e. The molecule has 1 N–H and O–H groups in total. The number of ether oxygens (including phenoxy) is 1. The highest BCUT2D eigenvalue weighted by Crippen LogP contribution is 2.38. The average Bonchev–Trinajstić information content (AvgIpc) is 2.85. The number of benzene rings is 3. The number of hydrogen-bond acceptors (Lipinski definition) is 3. The first kappa shape index (κ1) is 26.8. The van der Waals surface area contributed by atoms with Gasteiger partial charge < -0.3 is 9.64 Å². The topological polar surface area (TPSA) is 41.6 Å². The van der Waals surface area contributed by atoms with Gasteiger partial charge >= 0.3 is 0 Å². The molecule has 2 unspecified atom stereocenters. The van der Waals surface area contributed by atoms with E-state index in [0.717, 1.165) is 39.2 Å². The van der Waals surface area contributed by atoms with Gasteiger partial charge in [0.2, 0.25) is 0 Å². The molecule has 182 valence electrons. The maximum Gasteiger partial charge on any atom is 0.124 e. The van der Waals surface area contributed by atoms with Crippen LogP contribution in [-0.4, -0.2) is 24.4 Å². The number of piperidine rings is 1. The summed E-state index contributed by atoms with van der Waals surface area (Å²) in [6, 6.07) is 21.3. The Balaban J connectivity index is 0.000000215. The summed E-state index contributed by atoms with van der Waals surface area (Å²) < 4.78 is 19.2. The lowest BCUT2D eigenvalue weighted by molar-refractivity contribution is 0.414. The van der Waals surface area contributed by atoms with Crippen LogP contribution in [0, 0.1) is 0 Å². The van der Waals surface area contributed by atoms with E-state index < -0.39 is 11.0 Å². The van der Waals surface area contributed by atoms with Crippen molar-refractivity contribution in [1.29, 1.82) is 0 Å². The molecule has 0 bridgehead atoms. The van der Waals surface area contributed by atoms with Gasteiger partial charge in [-0.15, -0.1) is 0 Å². The number of nitrogens with one attached hydrogen (secondary N) is 1. The first-order chi connectivity index (χ1) is 16.4. The van der Waals surface area contributed by atoms with E-state index in [-0.39, 0.29) is 0 Å². The van der Waals surface area contributed by atoms with E-state index in [9.17, 15) is 4.21 Å². The first-order valence-electron chi connectivity index (χ1n) is 11.2. The zero-order valence-electron chi connectivity index (χ0n) is 19.3. The SMILES string of the molecule is CCNS(=O)c1ccc(OC)cc1.Clc1ccc(N2CCCCC2c2ccc(Cl)cc2Cl)cc1. The fraction of sp³-hybridized carbons (Fsp3) is 0.308. The van der Waals surface area contributed by atoms with Gasteiger partial charge in [0.1, 0.15) is 16.7 Å². The molecule has 0 aliphatic carbocycles. The van der Waals surface area contributed by atoms with E-state index in [1.165, 1.54) is 18.5 Å². The number of hydrogen-bond donors (Lipinski definition) is 1. The van der Waals surface area contributed by atoms with Crippen LogP contribution in [0.3, 0.4) is 0 Å². The van der Waals surface area contributed by atoms with Crippen LogP contribution < -0.4 is 14.4 Å². The molecule has 4 nitrogen and oxygen atoms in total. The van der Waals surface area contributed by atoms with Crippen LogP contribution in [-0.2, 0) is 11.0 Å². The van der Waals surface area contributed by atoms with E-state index in [2.05, 4.69) is 21.8 Å². The highest BCUT2D eigenvalue weighted by molar-refractivity contribution is 7.83. The zero-order valence-corrected chi connectivity index (χ0v) is 22.4. The van der Waals surface area contributed by atoms with E-state index in [0.29, 0.717) is 17.6 Å². The summed E-state index contributed by atoms with van der Waals surface area (Å²) in [5, 5.41) is 2.18. The van der Waals surface area contributed by atoms with Crippen LogP contribution in [0.25, 0.3) is 0 Å². The Morgan fingerprint density at radius 3 is 2.26 bits per heavy atom. The predicted molar refractivity (Wildman–Crippen MR) is 145 cm³/mol. The van der Waals surface area contributed by atoms with E-state index in [4.69, 9.17) is 39.5 Å². The molecule has 1 aliphatic rings. The van der Waals surface area contributed by atoms with Crippen molar-refractivity contribution < 1.29 is 8.95 Å². The fourth-order valence-corrected chi connectivity index (χ4v) is 5.35. The van der Waals surface area contributed by atoms with Crippen molar-refractivity contribution in [2.45, 2.75) is 37.1 Å². The summed E-state index contributed by atoms with van der Waals surface area (Å²) in [5.74, 6) is 0.775. The van der Waals surface area contributed by atoms with Gasteiger partial charge in [0.05, 0.1) is 18.0 Å². The maximum absolute atomic E-state index is 11.4. The Morgan fingerprint density at radius 2 is 1.65 bits per heavy atom. The van der Waals surface area contributed by atoms with Crippen molar-refractivity contribution in [3.05, 3.63) is 87.4 Å². The van der Waals surface area contributed by atoms with Crippen molar-refractivity contribution >= 4 is 51.5 Å². The van der Waals surface area contributed by atoms with Crippen LogP contribution in [0.1, 0.15) is 37.8 Å². The van der Waals surface area contributed by atoms with Crippen molar-refractivity contribution in [3.8, 4) is 5.75 Å². The smallest absolute Gasteiger partial charge is 0.124 e.